The number of hydrogen-bond acceptors (Lipinski definition) is 3. The van der Waals surface area contributed by atoms with Gasteiger partial charge in [-0.05, 0) is 23.6 Å². The molecule has 3 aromatic heterocycles. The Kier molecular flexibility index (Phi) is 2.70. The number of imidazole rings is 1. The molecule has 0 unspecified atom stereocenters. The number of carbonyl (C=O) groups is 1. The molecule has 0 saturated carbocycles. The van der Waals surface area contributed by atoms with Gasteiger partial charge in [-0.2, -0.15) is 0 Å². The number of hydrogen-bond donors (Lipinski definition) is 2. The van der Waals surface area contributed by atoms with Crippen LogP contribution in [0.1, 0.15) is 9.67 Å². The number of anilines is 1. The molecule has 0 saturated heterocycles. The van der Waals surface area contributed by atoms with Crippen molar-refractivity contribution >= 4 is 23.2 Å². The quantitative estimate of drug-likeness (QED) is 0.758. The summed E-state index contributed by atoms with van der Waals surface area (Å²) in [5.74, 6) is 0.288. The summed E-state index contributed by atoms with van der Waals surface area (Å²) >= 11 is 1.40. The summed E-state index contributed by atoms with van der Waals surface area (Å²) in [6.45, 7) is 0. The van der Waals surface area contributed by atoms with E-state index in [2.05, 4.69) is 15.3 Å². The molecule has 6 heteroatoms. The first-order valence-corrected chi connectivity index (χ1v) is 6.24. The zero-order chi connectivity index (χ0) is 12.4. The Hall–Kier alpha value is -2.34. The van der Waals surface area contributed by atoms with Gasteiger partial charge in [-0.25, -0.2) is 4.98 Å². The Bertz CT molecular complexity index is 639. The monoisotopic (exact) mass is 258 g/mol. The van der Waals surface area contributed by atoms with E-state index in [4.69, 9.17) is 0 Å². The van der Waals surface area contributed by atoms with Gasteiger partial charge in [-0.3, -0.25) is 10.1 Å². The van der Waals surface area contributed by atoms with Crippen molar-refractivity contribution in [2.75, 3.05) is 5.32 Å². The van der Waals surface area contributed by atoms with Gasteiger partial charge in [-0.15, -0.1) is 11.3 Å². The second-order valence-electron chi connectivity index (χ2n) is 3.62. The van der Waals surface area contributed by atoms with Gasteiger partial charge in [0.1, 0.15) is 4.88 Å². The zero-order valence-corrected chi connectivity index (χ0v) is 10.1. The highest BCUT2D eigenvalue weighted by Crippen LogP contribution is 2.22. The van der Waals surface area contributed by atoms with Gasteiger partial charge in [0.15, 0.2) is 0 Å². The second kappa shape index (κ2) is 4.50. The number of nitrogens with zero attached hydrogens (tertiary/aromatic N) is 2. The minimum atomic E-state index is -0.163. The summed E-state index contributed by atoms with van der Waals surface area (Å²) < 4.78 is 1.91. The normalized spacial score (nSPS) is 10.4. The topological polar surface area (TPSA) is 62.7 Å². The lowest BCUT2D eigenvalue weighted by Gasteiger charge is -2.04. The highest BCUT2D eigenvalue weighted by Gasteiger charge is 2.14. The Labute approximate surface area is 107 Å². The van der Waals surface area contributed by atoms with E-state index >= 15 is 0 Å². The molecule has 2 N–H and O–H groups in total. The van der Waals surface area contributed by atoms with Gasteiger partial charge in [-0.1, -0.05) is 0 Å². The van der Waals surface area contributed by atoms with Crippen molar-refractivity contribution in [1.29, 1.82) is 0 Å². The predicted octanol–water partition coefficient (Wildman–Crippen LogP) is 2.51. The van der Waals surface area contributed by atoms with Crippen LogP contribution in [0.4, 0.5) is 5.95 Å². The molecule has 5 nitrogen and oxygen atoms in total. The summed E-state index contributed by atoms with van der Waals surface area (Å²) in [6, 6.07) is 5.76. The number of H-pyrrole nitrogens is 1. The predicted molar refractivity (Wildman–Crippen MR) is 70.2 cm³/mol. The van der Waals surface area contributed by atoms with Crippen molar-refractivity contribution in [1.82, 2.24) is 14.5 Å². The summed E-state index contributed by atoms with van der Waals surface area (Å²) in [4.78, 5) is 19.6. The zero-order valence-electron chi connectivity index (χ0n) is 9.33. The molecule has 3 heterocycles. The molecule has 3 rings (SSSR count). The number of rotatable bonds is 3. The smallest absolute Gasteiger partial charge is 0.270 e. The fraction of sp³-hybridized carbons (Fsp3) is 0. The van der Waals surface area contributed by atoms with E-state index in [0.29, 0.717) is 10.8 Å². The van der Waals surface area contributed by atoms with Gasteiger partial charge in [0.25, 0.3) is 5.91 Å². The van der Waals surface area contributed by atoms with Crippen molar-refractivity contribution in [3.8, 4) is 5.69 Å². The first-order chi connectivity index (χ1) is 8.84. The highest BCUT2D eigenvalue weighted by atomic mass is 32.1. The summed E-state index contributed by atoms with van der Waals surface area (Å²) in [7, 11) is 0. The van der Waals surface area contributed by atoms with Crippen molar-refractivity contribution < 1.29 is 4.79 Å². The SMILES string of the molecule is O=C(Nc1ncc[nH]1)c1sccc1-n1cccc1. The molecule has 0 radical (unpaired) electrons. The van der Waals surface area contributed by atoms with E-state index < -0.39 is 0 Å². The van der Waals surface area contributed by atoms with Crippen LogP contribution in [0.3, 0.4) is 0 Å². The van der Waals surface area contributed by atoms with E-state index in [-0.39, 0.29) is 5.91 Å². The van der Waals surface area contributed by atoms with E-state index in [1.165, 1.54) is 11.3 Å². The van der Waals surface area contributed by atoms with Crippen molar-refractivity contribution in [3.63, 3.8) is 0 Å². The minimum absolute atomic E-state index is 0.163. The molecule has 1 amide bonds. The molecular formula is C12H10N4OS. The largest absolute Gasteiger partial charge is 0.331 e. The molecule has 0 aliphatic carbocycles. The fourth-order valence-corrected chi connectivity index (χ4v) is 2.45. The molecule has 0 spiro atoms. The molecule has 90 valence electrons. The van der Waals surface area contributed by atoms with Gasteiger partial charge in [0.05, 0.1) is 5.69 Å². The second-order valence-corrected chi connectivity index (χ2v) is 4.53. The maximum atomic E-state index is 12.1. The molecule has 0 fully saturated rings. The van der Waals surface area contributed by atoms with Crippen LogP contribution in [0.5, 0.6) is 0 Å². The summed E-state index contributed by atoms with van der Waals surface area (Å²) in [5, 5.41) is 4.61. The van der Waals surface area contributed by atoms with Crippen LogP contribution in [-0.2, 0) is 0 Å². The fourth-order valence-electron chi connectivity index (χ4n) is 1.67. The van der Waals surface area contributed by atoms with Crippen LogP contribution in [0, 0.1) is 0 Å². The molecule has 0 aromatic carbocycles. The van der Waals surface area contributed by atoms with Crippen LogP contribution in [0.15, 0.2) is 48.4 Å². The van der Waals surface area contributed by atoms with Crippen molar-refractivity contribution in [3.05, 3.63) is 53.2 Å². The number of nitrogens with one attached hydrogen (secondary N) is 2. The van der Waals surface area contributed by atoms with E-state index in [1.807, 2.05) is 40.5 Å². The third-order valence-corrected chi connectivity index (χ3v) is 3.37. The third-order valence-electron chi connectivity index (χ3n) is 2.46. The van der Waals surface area contributed by atoms with E-state index in [0.717, 1.165) is 5.69 Å². The maximum Gasteiger partial charge on any atom is 0.270 e. The van der Waals surface area contributed by atoms with Crippen molar-refractivity contribution in [2.24, 2.45) is 0 Å². The third kappa shape index (κ3) is 1.93. The van der Waals surface area contributed by atoms with Crippen LogP contribution >= 0.6 is 11.3 Å². The Balaban J connectivity index is 1.89. The van der Waals surface area contributed by atoms with Gasteiger partial charge < -0.3 is 9.55 Å². The van der Waals surface area contributed by atoms with Crippen LogP contribution in [0.25, 0.3) is 5.69 Å². The standard InChI is InChI=1S/C12H10N4OS/c17-11(15-12-13-4-5-14-12)10-9(3-8-18-10)16-6-1-2-7-16/h1-8H,(H2,13,14,15,17). The molecule has 0 aliphatic rings. The van der Waals surface area contributed by atoms with E-state index in [1.54, 1.807) is 12.4 Å². The number of carbonyl (C=O) groups excluding carboxylic acids is 1. The maximum absolute atomic E-state index is 12.1. The van der Waals surface area contributed by atoms with Crippen LogP contribution in [-0.4, -0.2) is 20.4 Å². The minimum Gasteiger partial charge on any atom is -0.331 e. The Morgan fingerprint density at radius 2 is 2.22 bits per heavy atom. The number of aromatic nitrogens is 3. The molecule has 0 bridgehead atoms. The van der Waals surface area contributed by atoms with Gasteiger partial charge in [0, 0.05) is 24.8 Å². The summed E-state index contributed by atoms with van der Waals surface area (Å²) in [6.07, 6.45) is 7.07. The van der Waals surface area contributed by atoms with Crippen LogP contribution < -0.4 is 5.32 Å². The molecule has 0 aliphatic heterocycles. The lowest BCUT2D eigenvalue weighted by molar-refractivity contribution is 0.103. The number of aromatic amines is 1. The molecule has 0 atom stereocenters. The number of thiophene rings is 1. The molecule has 18 heavy (non-hydrogen) atoms. The lowest BCUT2D eigenvalue weighted by atomic mass is 10.3. The van der Waals surface area contributed by atoms with E-state index in [9.17, 15) is 4.79 Å². The van der Waals surface area contributed by atoms with Crippen LogP contribution in [0.2, 0.25) is 0 Å². The van der Waals surface area contributed by atoms with Gasteiger partial charge >= 0.3 is 0 Å². The Morgan fingerprint density at radius 3 is 2.94 bits per heavy atom. The van der Waals surface area contributed by atoms with Crippen molar-refractivity contribution in [2.45, 2.75) is 0 Å². The first kappa shape index (κ1) is 10.8. The summed E-state index contributed by atoms with van der Waals surface area (Å²) in [5.41, 5.74) is 0.869. The highest BCUT2D eigenvalue weighted by molar-refractivity contribution is 7.12. The molecular weight excluding hydrogens is 248 g/mol. The van der Waals surface area contributed by atoms with Gasteiger partial charge in [0.2, 0.25) is 5.95 Å². The molecule has 3 aromatic rings. The Morgan fingerprint density at radius 1 is 1.39 bits per heavy atom. The first-order valence-electron chi connectivity index (χ1n) is 5.36. The average molecular weight is 258 g/mol. The lowest BCUT2D eigenvalue weighted by Crippen LogP contribution is -2.13. The average Bonchev–Trinajstić information content (AvgIpc) is 3.11. The number of amides is 1.